The Kier molecular flexibility index (Phi) is 4.86. The maximum absolute atomic E-state index is 14.1. The summed E-state index contributed by atoms with van der Waals surface area (Å²) in [6.45, 7) is 5.78. The molecular formula is C19H19ClFN3O. The third-order valence-corrected chi connectivity index (χ3v) is 4.68. The molecule has 2 heterocycles. The molecule has 2 aromatic heterocycles. The second-order valence-corrected chi connectivity index (χ2v) is 6.37. The molecule has 1 aromatic carbocycles. The molecule has 0 unspecified atom stereocenters. The van der Waals surface area contributed by atoms with Gasteiger partial charge in [-0.1, -0.05) is 19.9 Å². The molecule has 0 fully saturated rings. The van der Waals surface area contributed by atoms with E-state index in [2.05, 4.69) is 28.4 Å². The standard InChI is InChI=1S/C19H19ClFN3O/c1-4-14(5-2)24-16-7-6-12(8-13(16)9-17(24)11(3)25)18-15(21)10-22-19(20)23-18/h6-10,14H,4-5H2,1-3H3. The van der Waals surface area contributed by atoms with Crippen molar-refractivity contribution in [1.82, 2.24) is 14.5 Å². The van der Waals surface area contributed by atoms with Gasteiger partial charge in [-0.25, -0.2) is 14.4 Å². The van der Waals surface area contributed by atoms with Gasteiger partial charge in [-0.2, -0.15) is 0 Å². The van der Waals surface area contributed by atoms with Crippen molar-refractivity contribution >= 4 is 28.3 Å². The minimum absolute atomic E-state index is 0.00415. The fraction of sp³-hybridized carbons (Fsp3) is 0.316. The number of fused-ring (bicyclic) bond motifs is 1. The molecule has 130 valence electrons. The van der Waals surface area contributed by atoms with Gasteiger partial charge in [0.25, 0.3) is 0 Å². The summed E-state index contributed by atoms with van der Waals surface area (Å²) in [5, 5.41) is 0.874. The molecule has 3 rings (SSSR count). The minimum atomic E-state index is -0.532. The van der Waals surface area contributed by atoms with Gasteiger partial charge in [0, 0.05) is 29.4 Å². The molecule has 0 radical (unpaired) electrons. The van der Waals surface area contributed by atoms with Gasteiger partial charge < -0.3 is 4.57 Å². The first-order chi connectivity index (χ1) is 12.0. The molecule has 3 aromatic rings. The van der Waals surface area contributed by atoms with E-state index < -0.39 is 5.82 Å². The average Bonchev–Trinajstić information content (AvgIpc) is 2.97. The number of halogens is 2. The third kappa shape index (κ3) is 3.16. The Balaban J connectivity index is 2.22. The van der Waals surface area contributed by atoms with Gasteiger partial charge >= 0.3 is 0 Å². The molecule has 0 atom stereocenters. The molecule has 0 bridgehead atoms. The van der Waals surface area contributed by atoms with Crippen LogP contribution in [-0.2, 0) is 0 Å². The van der Waals surface area contributed by atoms with E-state index in [1.165, 1.54) is 0 Å². The van der Waals surface area contributed by atoms with Crippen molar-refractivity contribution in [2.24, 2.45) is 0 Å². The lowest BCUT2D eigenvalue weighted by Gasteiger charge is -2.19. The van der Waals surface area contributed by atoms with Crippen molar-refractivity contribution in [3.8, 4) is 11.3 Å². The molecular weight excluding hydrogens is 341 g/mol. The van der Waals surface area contributed by atoms with Gasteiger partial charge in [-0.3, -0.25) is 4.79 Å². The highest BCUT2D eigenvalue weighted by atomic mass is 35.5. The topological polar surface area (TPSA) is 47.8 Å². The normalized spacial score (nSPS) is 11.4. The summed E-state index contributed by atoms with van der Waals surface area (Å²) >= 11 is 5.80. The Morgan fingerprint density at radius 3 is 2.64 bits per heavy atom. The number of carbonyl (C=O) groups excluding carboxylic acids is 1. The van der Waals surface area contributed by atoms with Crippen LogP contribution in [0.15, 0.2) is 30.5 Å². The van der Waals surface area contributed by atoms with Crippen molar-refractivity contribution in [1.29, 1.82) is 0 Å². The van der Waals surface area contributed by atoms with Gasteiger partial charge in [0.1, 0.15) is 5.69 Å². The monoisotopic (exact) mass is 359 g/mol. The highest BCUT2D eigenvalue weighted by Gasteiger charge is 2.19. The van der Waals surface area contributed by atoms with E-state index in [9.17, 15) is 9.18 Å². The number of nitrogens with zero attached hydrogens (tertiary/aromatic N) is 3. The van der Waals surface area contributed by atoms with Crippen LogP contribution in [0.25, 0.3) is 22.2 Å². The van der Waals surface area contributed by atoms with Gasteiger partial charge in [-0.15, -0.1) is 0 Å². The number of carbonyl (C=O) groups is 1. The summed E-state index contributed by atoms with van der Waals surface area (Å²) < 4.78 is 16.2. The van der Waals surface area contributed by atoms with E-state index >= 15 is 0 Å². The first-order valence-electron chi connectivity index (χ1n) is 8.30. The van der Waals surface area contributed by atoms with E-state index in [1.807, 2.05) is 18.2 Å². The van der Waals surface area contributed by atoms with Crippen LogP contribution in [0, 0.1) is 5.82 Å². The zero-order valence-electron chi connectivity index (χ0n) is 14.4. The predicted molar refractivity (Wildman–Crippen MR) is 97.6 cm³/mol. The van der Waals surface area contributed by atoms with Crippen LogP contribution in [0.5, 0.6) is 0 Å². The molecule has 25 heavy (non-hydrogen) atoms. The van der Waals surface area contributed by atoms with Gasteiger partial charge in [0.15, 0.2) is 11.6 Å². The lowest BCUT2D eigenvalue weighted by atomic mass is 10.1. The molecule has 0 saturated heterocycles. The number of hydrogen-bond donors (Lipinski definition) is 0. The van der Waals surface area contributed by atoms with Gasteiger partial charge in [0.05, 0.1) is 11.9 Å². The average molecular weight is 360 g/mol. The van der Waals surface area contributed by atoms with Crippen LogP contribution in [-0.4, -0.2) is 20.3 Å². The molecule has 0 aliphatic heterocycles. The lowest BCUT2D eigenvalue weighted by molar-refractivity contribution is 0.100. The third-order valence-electron chi connectivity index (χ3n) is 4.50. The highest BCUT2D eigenvalue weighted by molar-refractivity contribution is 6.28. The predicted octanol–water partition coefficient (Wildman–Crippen LogP) is 5.45. The summed E-state index contributed by atoms with van der Waals surface area (Å²) in [5.74, 6) is -0.518. The summed E-state index contributed by atoms with van der Waals surface area (Å²) in [4.78, 5) is 19.7. The number of rotatable bonds is 5. The number of benzene rings is 1. The number of ketones is 1. The Hall–Kier alpha value is -2.27. The first kappa shape index (κ1) is 17.5. The number of hydrogen-bond acceptors (Lipinski definition) is 3. The second kappa shape index (κ2) is 6.92. The zero-order chi connectivity index (χ0) is 18.1. The lowest BCUT2D eigenvalue weighted by Crippen LogP contribution is -2.12. The smallest absolute Gasteiger partial charge is 0.223 e. The Labute approximate surface area is 150 Å². The molecule has 0 spiro atoms. The summed E-state index contributed by atoms with van der Waals surface area (Å²) in [6, 6.07) is 7.65. The van der Waals surface area contributed by atoms with Crippen molar-refractivity contribution in [2.45, 2.75) is 39.7 Å². The fourth-order valence-corrected chi connectivity index (χ4v) is 3.38. The van der Waals surface area contributed by atoms with Crippen molar-refractivity contribution in [2.75, 3.05) is 0 Å². The molecule has 0 N–H and O–H groups in total. The molecule has 4 nitrogen and oxygen atoms in total. The maximum Gasteiger partial charge on any atom is 0.223 e. The Morgan fingerprint density at radius 2 is 2.00 bits per heavy atom. The summed E-state index contributed by atoms with van der Waals surface area (Å²) in [5.41, 5.74) is 2.39. The fourth-order valence-electron chi connectivity index (χ4n) is 3.25. The van der Waals surface area contributed by atoms with E-state index in [1.54, 1.807) is 13.0 Å². The Bertz CT molecular complexity index is 947. The highest BCUT2D eigenvalue weighted by Crippen LogP contribution is 2.31. The SMILES string of the molecule is CCC(CC)n1c(C(C)=O)cc2cc(-c3nc(Cl)ncc3F)ccc21. The summed E-state index contributed by atoms with van der Waals surface area (Å²) in [7, 11) is 0. The van der Waals surface area contributed by atoms with E-state index in [0.29, 0.717) is 11.3 Å². The largest absolute Gasteiger partial charge is 0.335 e. The van der Waals surface area contributed by atoms with E-state index in [4.69, 9.17) is 11.6 Å². The van der Waals surface area contributed by atoms with E-state index in [0.717, 1.165) is 29.9 Å². The quantitative estimate of drug-likeness (QED) is 0.449. The van der Waals surface area contributed by atoms with Crippen LogP contribution in [0.2, 0.25) is 5.28 Å². The maximum atomic E-state index is 14.1. The number of Topliss-reactive ketones (excluding diaryl/α,β-unsaturated/α-hetero) is 1. The van der Waals surface area contributed by atoms with Gasteiger partial charge in [0.2, 0.25) is 5.28 Å². The van der Waals surface area contributed by atoms with Crippen LogP contribution in [0.4, 0.5) is 4.39 Å². The van der Waals surface area contributed by atoms with Crippen LogP contribution in [0.1, 0.15) is 50.1 Å². The molecule has 0 saturated carbocycles. The minimum Gasteiger partial charge on any atom is -0.335 e. The van der Waals surface area contributed by atoms with Crippen LogP contribution in [0.3, 0.4) is 0 Å². The Morgan fingerprint density at radius 1 is 1.28 bits per heavy atom. The second-order valence-electron chi connectivity index (χ2n) is 6.04. The van der Waals surface area contributed by atoms with Crippen molar-refractivity contribution < 1.29 is 9.18 Å². The zero-order valence-corrected chi connectivity index (χ0v) is 15.1. The van der Waals surface area contributed by atoms with E-state index in [-0.39, 0.29) is 22.8 Å². The first-order valence-corrected chi connectivity index (χ1v) is 8.68. The molecule has 6 heteroatoms. The van der Waals surface area contributed by atoms with Crippen LogP contribution >= 0.6 is 11.6 Å². The van der Waals surface area contributed by atoms with Gasteiger partial charge in [-0.05, 0) is 42.6 Å². The number of aromatic nitrogens is 3. The van der Waals surface area contributed by atoms with Crippen molar-refractivity contribution in [3.63, 3.8) is 0 Å². The molecule has 0 aliphatic carbocycles. The van der Waals surface area contributed by atoms with Crippen LogP contribution < -0.4 is 0 Å². The summed E-state index contributed by atoms with van der Waals surface area (Å²) in [6.07, 6.45) is 2.92. The molecule has 0 aliphatic rings. The molecule has 0 amide bonds. The van der Waals surface area contributed by atoms with Crippen molar-refractivity contribution in [3.05, 3.63) is 47.3 Å².